The van der Waals surface area contributed by atoms with Crippen molar-refractivity contribution in [2.75, 3.05) is 0 Å². The van der Waals surface area contributed by atoms with Gasteiger partial charge in [0.2, 0.25) is 0 Å². The Bertz CT molecular complexity index is 661. The van der Waals surface area contributed by atoms with Crippen molar-refractivity contribution in [3.63, 3.8) is 0 Å². The molecule has 0 saturated heterocycles. The lowest BCUT2D eigenvalue weighted by molar-refractivity contribution is 0.0931. The van der Waals surface area contributed by atoms with Crippen LogP contribution in [-0.4, -0.2) is 20.7 Å². The van der Waals surface area contributed by atoms with Gasteiger partial charge in [-0.2, -0.15) is 5.10 Å². The van der Waals surface area contributed by atoms with E-state index in [1.54, 1.807) is 12.4 Å². The van der Waals surface area contributed by atoms with E-state index < -0.39 is 0 Å². The van der Waals surface area contributed by atoms with Crippen LogP contribution in [0.1, 0.15) is 60.3 Å². The molecule has 0 aromatic carbocycles. The van der Waals surface area contributed by atoms with Crippen molar-refractivity contribution in [3.05, 3.63) is 47.5 Å². The highest BCUT2D eigenvalue weighted by Crippen LogP contribution is 2.41. The van der Waals surface area contributed by atoms with E-state index in [0.717, 1.165) is 30.6 Å². The van der Waals surface area contributed by atoms with E-state index in [1.165, 1.54) is 12.8 Å². The van der Waals surface area contributed by atoms with E-state index in [4.69, 9.17) is 0 Å². The van der Waals surface area contributed by atoms with Crippen LogP contribution in [0.2, 0.25) is 0 Å². The molecular weight excluding hydrogens is 288 g/mol. The Morgan fingerprint density at radius 2 is 2.13 bits per heavy atom. The number of rotatable bonds is 7. The van der Waals surface area contributed by atoms with Gasteiger partial charge in [0.05, 0.1) is 17.3 Å². The molecule has 2 heterocycles. The predicted molar refractivity (Wildman–Crippen MR) is 89.0 cm³/mol. The SMILES string of the molecule is CCCCn1cc(C(=O)NC(c2ccncc2)C2CC2)c(C)n1. The van der Waals surface area contributed by atoms with Crippen molar-refractivity contribution in [1.82, 2.24) is 20.1 Å². The minimum Gasteiger partial charge on any atom is -0.345 e. The quantitative estimate of drug-likeness (QED) is 0.853. The first-order valence-corrected chi connectivity index (χ1v) is 8.44. The number of amides is 1. The van der Waals surface area contributed by atoms with Crippen LogP contribution < -0.4 is 5.32 Å². The third kappa shape index (κ3) is 3.78. The minimum atomic E-state index is -0.0287. The number of nitrogens with zero attached hydrogens (tertiary/aromatic N) is 3. The Kier molecular flexibility index (Phi) is 4.74. The molecule has 1 aliphatic carbocycles. The molecule has 1 amide bonds. The molecule has 3 rings (SSSR count). The first-order chi connectivity index (χ1) is 11.2. The minimum absolute atomic E-state index is 0.0287. The average molecular weight is 312 g/mol. The predicted octanol–water partition coefficient (Wildman–Crippen LogP) is 3.27. The maximum absolute atomic E-state index is 12.7. The molecule has 1 N–H and O–H groups in total. The largest absolute Gasteiger partial charge is 0.345 e. The molecule has 2 aromatic rings. The highest BCUT2D eigenvalue weighted by molar-refractivity contribution is 5.95. The molecule has 1 atom stereocenters. The number of hydrogen-bond donors (Lipinski definition) is 1. The van der Waals surface area contributed by atoms with Crippen LogP contribution in [0.25, 0.3) is 0 Å². The summed E-state index contributed by atoms with van der Waals surface area (Å²) in [6.45, 7) is 4.91. The van der Waals surface area contributed by atoms with Crippen molar-refractivity contribution in [2.24, 2.45) is 5.92 Å². The van der Waals surface area contributed by atoms with Crippen molar-refractivity contribution in [3.8, 4) is 0 Å². The fraction of sp³-hybridized carbons (Fsp3) is 0.500. The molecule has 5 nitrogen and oxygen atoms in total. The lowest BCUT2D eigenvalue weighted by atomic mass is 10.0. The van der Waals surface area contributed by atoms with Gasteiger partial charge in [-0.25, -0.2) is 0 Å². The van der Waals surface area contributed by atoms with Crippen LogP contribution >= 0.6 is 0 Å². The zero-order valence-electron chi connectivity index (χ0n) is 13.8. The summed E-state index contributed by atoms with van der Waals surface area (Å²) in [6.07, 6.45) is 9.97. The number of pyridine rings is 1. The highest BCUT2D eigenvalue weighted by Gasteiger charge is 2.34. The summed E-state index contributed by atoms with van der Waals surface area (Å²) in [5, 5.41) is 7.66. The maximum atomic E-state index is 12.7. The topological polar surface area (TPSA) is 59.8 Å². The third-order valence-electron chi connectivity index (χ3n) is 4.38. The van der Waals surface area contributed by atoms with Crippen molar-refractivity contribution in [2.45, 2.75) is 52.1 Å². The van der Waals surface area contributed by atoms with E-state index >= 15 is 0 Å². The molecule has 1 saturated carbocycles. The molecule has 1 aliphatic rings. The monoisotopic (exact) mass is 312 g/mol. The zero-order valence-corrected chi connectivity index (χ0v) is 13.8. The molecule has 0 aliphatic heterocycles. The lowest BCUT2D eigenvalue weighted by Crippen LogP contribution is -2.30. The Hall–Kier alpha value is -2.17. The maximum Gasteiger partial charge on any atom is 0.255 e. The van der Waals surface area contributed by atoms with Crippen LogP contribution in [0.5, 0.6) is 0 Å². The van der Waals surface area contributed by atoms with Gasteiger partial charge in [-0.05, 0) is 49.8 Å². The number of carbonyl (C=O) groups is 1. The number of unbranched alkanes of at least 4 members (excludes halogenated alkanes) is 1. The van der Waals surface area contributed by atoms with Gasteiger partial charge in [0.15, 0.2) is 0 Å². The summed E-state index contributed by atoms with van der Waals surface area (Å²) >= 11 is 0. The summed E-state index contributed by atoms with van der Waals surface area (Å²) in [6, 6.07) is 4.05. The van der Waals surface area contributed by atoms with E-state index in [2.05, 4.69) is 22.3 Å². The fourth-order valence-corrected chi connectivity index (χ4v) is 2.87. The Balaban J connectivity index is 1.73. The van der Waals surface area contributed by atoms with E-state index in [1.807, 2.05) is 29.9 Å². The molecule has 0 bridgehead atoms. The van der Waals surface area contributed by atoms with Gasteiger partial charge < -0.3 is 5.32 Å². The second-order valence-corrected chi connectivity index (χ2v) is 6.31. The summed E-state index contributed by atoms with van der Waals surface area (Å²) in [5.74, 6) is 0.510. The summed E-state index contributed by atoms with van der Waals surface area (Å²) in [5.41, 5.74) is 2.61. The van der Waals surface area contributed by atoms with Crippen LogP contribution in [0, 0.1) is 12.8 Å². The number of aryl methyl sites for hydroxylation is 2. The summed E-state index contributed by atoms with van der Waals surface area (Å²) < 4.78 is 1.88. The summed E-state index contributed by atoms with van der Waals surface area (Å²) in [4.78, 5) is 16.8. The second-order valence-electron chi connectivity index (χ2n) is 6.31. The number of aromatic nitrogens is 3. The standard InChI is InChI=1S/C18H24N4O/c1-3-4-11-22-12-16(13(2)21-22)18(23)20-17(14-5-6-14)15-7-9-19-10-8-15/h7-10,12,14,17H,3-6,11H2,1-2H3,(H,20,23). The molecular formula is C18H24N4O. The number of carbonyl (C=O) groups excluding carboxylic acids is 1. The molecule has 2 aromatic heterocycles. The van der Waals surface area contributed by atoms with Crippen LogP contribution in [0.3, 0.4) is 0 Å². The normalized spacial score (nSPS) is 15.4. The second kappa shape index (κ2) is 6.94. The van der Waals surface area contributed by atoms with Crippen LogP contribution in [0.15, 0.2) is 30.7 Å². The van der Waals surface area contributed by atoms with Gasteiger partial charge in [-0.15, -0.1) is 0 Å². The highest BCUT2D eigenvalue weighted by atomic mass is 16.1. The van der Waals surface area contributed by atoms with E-state index in [0.29, 0.717) is 11.5 Å². The van der Waals surface area contributed by atoms with Gasteiger partial charge >= 0.3 is 0 Å². The molecule has 5 heteroatoms. The number of hydrogen-bond acceptors (Lipinski definition) is 3. The molecule has 0 radical (unpaired) electrons. The molecule has 0 spiro atoms. The van der Waals surface area contributed by atoms with Gasteiger partial charge in [0.1, 0.15) is 0 Å². The Morgan fingerprint density at radius 1 is 1.39 bits per heavy atom. The third-order valence-corrected chi connectivity index (χ3v) is 4.38. The van der Waals surface area contributed by atoms with Crippen LogP contribution in [-0.2, 0) is 6.54 Å². The van der Waals surface area contributed by atoms with Gasteiger partial charge in [-0.1, -0.05) is 13.3 Å². The van der Waals surface area contributed by atoms with Crippen molar-refractivity contribution >= 4 is 5.91 Å². The Labute approximate surface area is 137 Å². The van der Waals surface area contributed by atoms with Gasteiger partial charge in [-0.3, -0.25) is 14.5 Å². The van der Waals surface area contributed by atoms with Gasteiger partial charge in [0.25, 0.3) is 5.91 Å². The van der Waals surface area contributed by atoms with Crippen molar-refractivity contribution < 1.29 is 4.79 Å². The first kappa shape index (κ1) is 15.7. The van der Waals surface area contributed by atoms with E-state index in [-0.39, 0.29) is 11.9 Å². The number of nitrogens with one attached hydrogen (secondary N) is 1. The average Bonchev–Trinajstić information content (AvgIpc) is 3.34. The zero-order chi connectivity index (χ0) is 16.2. The van der Waals surface area contributed by atoms with E-state index in [9.17, 15) is 4.79 Å². The molecule has 1 unspecified atom stereocenters. The van der Waals surface area contributed by atoms with Gasteiger partial charge in [0, 0.05) is 25.1 Å². The van der Waals surface area contributed by atoms with Crippen molar-refractivity contribution in [1.29, 1.82) is 0 Å². The Morgan fingerprint density at radius 3 is 2.78 bits per heavy atom. The molecule has 122 valence electrons. The smallest absolute Gasteiger partial charge is 0.255 e. The first-order valence-electron chi connectivity index (χ1n) is 8.44. The van der Waals surface area contributed by atoms with Crippen LogP contribution in [0.4, 0.5) is 0 Å². The molecule has 23 heavy (non-hydrogen) atoms. The molecule has 1 fully saturated rings. The summed E-state index contributed by atoms with van der Waals surface area (Å²) in [7, 11) is 0. The fourth-order valence-electron chi connectivity index (χ4n) is 2.87. The lowest BCUT2D eigenvalue weighted by Gasteiger charge is -2.18.